The minimum Gasteiger partial charge on any atom is -0.326 e. The van der Waals surface area contributed by atoms with E-state index in [0.717, 1.165) is 0 Å². The number of hydrogen-bond donors (Lipinski definition) is 3. The van der Waals surface area contributed by atoms with Crippen molar-refractivity contribution in [2.75, 3.05) is 10.6 Å². The number of carbonyl (C=O) groups is 2. The summed E-state index contributed by atoms with van der Waals surface area (Å²) in [5.74, 6) is -0.154. The molecule has 0 fully saturated rings. The minimum absolute atomic E-state index is 0. The molecule has 4 N–H and O–H groups in total. The molecule has 0 spiro atoms. The molecule has 0 aliphatic heterocycles. The van der Waals surface area contributed by atoms with Crippen LogP contribution in [0.4, 0.5) is 11.4 Å². The van der Waals surface area contributed by atoms with E-state index >= 15 is 0 Å². The number of amides is 2. The highest BCUT2D eigenvalue weighted by Gasteiger charge is 2.16. The second-order valence-corrected chi connectivity index (χ2v) is 5.51. The lowest BCUT2D eigenvalue weighted by atomic mass is 10.0. The monoisotopic (exact) mass is 333 g/mol. The lowest BCUT2D eigenvalue weighted by Crippen LogP contribution is -2.36. The van der Waals surface area contributed by atoms with Gasteiger partial charge in [0.05, 0.1) is 16.8 Å². The van der Waals surface area contributed by atoms with Crippen LogP contribution in [-0.2, 0) is 9.59 Å². The molecule has 7 heteroatoms. The van der Waals surface area contributed by atoms with Crippen LogP contribution < -0.4 is 16.4 Å². The summed E-state index contributed by atoms with van der Waals surface area (Å²) in [7, 11) is 0. The molecule has 1 rings (SSSR count). The maximum atomic E-state index is 12.0. The van der Waals surface area contributed by atoms with E-state index in [-0.39, 0.29) is 24.2 Å². The van der Waals surface area contributed by atoms with Crippen LogP contribution in [0.2, 0.25) is 5.02 Å². The molecule has 0 bridgehead atoms. The smallest absolute Gasteiger partial charge is 0.241 e. The summed E-state index contributed by atoms with van der Waals surface area (Å²) in [6, 6.07) is 4.28. The summed E-state index contributed by atoms with van der Waals surface area (Å²) >= 11 is 6.02. The van der Waals surface area contributed by atoms with Crippen LogP contribution in [0.15, 0.2) is 18.2 Å². The largest absolute Gasteiger partial charge is 0.326 e. The Morgan fingerprint density at radius 1 is 1.29 bits per heavy atom. The van der Waals surface area contributed by atoms with Crippen molar-refractivity contribution in [1.82, 2.24) is 0 Å². The van der Waals surface area contributed by atoms with Crippen LogP contribution in [-0.4, -0.2) is 17.9 Å². The Labute approximate surface area is 136 Å². The number of halogens is 2. The summed E-state index contributed by atoms with van der Waals surface area (Å²) in [5.41, 5.74) is 6.81. The van der Waals surface area contributed by atoms with Gasteiger partial charge in [0.2, 0.25) is 11.8 Å². The van der Waals surface area contributed by atoms with Crippen molar-refractivity contribution in [2.45, 2.75) is 33.2 Å². The van der Waals surface area contributed by atoms with E-state index in [9.17, 15) is 9.59 Å². The highest BCUT2D eigenvalue weighted by molar-refractivity contribution is 6.34. The normalized spacial score (nSPS) is 11.5. The third-order valence-electron chi connectivity index (χ3n) is 2.61. The number of nitrogens with two attached hydrogens (primary N) is 1. The number of anilines is 2. The predicted octanol–water partition coefficient (Wildman–Crippen LogP) is 3.03. The quantitative estimate of drug-likeness (QED) is 0.774. The molecule has 0 radical (unpaired) electrons. The molecule has 21 heavy (non-hydrogen) atoms. The minimum atomic E-state index is -0.588. The Hall–Kier alpha value is -1.30. The third-order valence-corrected chi connectivity index (χ3v) is 2.94. The highest BCUT2D eigenvalue weighted by atomic mass is 35.5. The number of benzene rings is 1. The van der Waals surface area contributed by atoms with E-state index in [2.05, 4.69) is 10.6 Å². The fraction of sp³-hybridized carbons (Fsp3) is 0.429. The van der Waals surface area contributed by atoms with Gasteiger partial charge in [0, 0.05) is 12.6 Å². The molecule has 0 aliphatic rings. The van der Waals surface area contributed by atoms with Gasteiger partial charge < -0.3 is 16.4 Å². The second kappa shape index (κ2) is 8.87. The number of rotatable bonds is 5. The van der Waals surface area contributed by atoms with Gasteiger partial charge in [0.15, 0.2) is 0 Å². The Bertz CT molecular complexity index is 507. The molecular formula is C14H21Cl2N3O2. The van der Waals surface area contributed by atoms with Gasteiger partial charge in [0.1, 0.15) is 0 Å². The lowest BCUT2D eigenvalue weighted by molar-refractivity contribution is -0.117. The first-order valence-corrected chi connectivity index (χ1v) is 6.81. The standard InChI is InChI=1S/C14H20ClN3O2.ClH/c1-8(2)6-12(16)14(20)18-13-7-10(17-9(3)19)4-5-11(13)15;/h4-5,7-8,12H,6,16H2,1-3H3,(H,17,19)(H,18,20);1H/t12-;/m0./s1. The van der Waals surface area contributed by atoms with Gasteiger partial charge in [-0.2, -0.15) is 0 Å². The van der Waals surface area contributed by atoms with Crippen LogP contribution in [0.3, 0.4) is 0 Å². The van der Waals surface area contributed by atoms with E-state index in [1.54, 1.807) is 18.2 Å². The molecule has 2 amide bonds. The Morgan fingerprint density at radius 2 is 1.90 bits per heavy atom. The zero-order valence-electron chi connectivity index (χ0n) is 12.3. The Balaban J connectivity index is 0.00000400. The maximum absolute atomic E-state index is 12.0. The van der Waals surface area contributed by atoms with Crippen LogP contribution in [0.25, 0.3) is 0 Å². The third kappa shape index (κ3) is 6.80. The summed E-state index contributed by atoms with van der Waals surface area (Å²) in [6.45, 7) is 5.40. The molecule has 0 heterocycles. The van der Waals surface area contributed by atoms with Crippen molar-refractivity contribution in [3.05, 3.63) is 23.2 Å². The van der Waals surface area contributed by atoms with Gasteiger partial charge in [-0.25, -0.2) is 0 Å². The van der Waals surface area contributed by atoms with Crippen molar-refractivity contribution in [3.63, 3.8) is 0 Å². The van der Waals surface area contributed by atoms with Crippen LogP contribution >= 0.6 is 24.0 Å². The molecule has 1 aromatic carbocycles. The summed E-state index contributed by atoms with van der Waals surface area (Å²) < 4.78 is 0. The SMILES string of the molecule is CC(=O)Nc1ccc(Cl)c(NC(=O)[C@@H](N)CC(C)C)c1.Cl. The maximum Gasteiger partial charge on any atom is 0.241 e. The first kappa shape index (κ1) is 19.7. The topological polar surface area (TPSA) is 84.2 Å². The van der Waals surface area contributed by atoms with Gasteiger partial charge in [-0.15, -0.1) is 12.4 Å². The Kier molecular flexibility index (Phi) is 8.32. The molecule has 0 aromatic heterocycles. The van der Waals surface area contributed by atoms with Crippen LogP contribution in [0.5, 0.6) is 0 Å². The van der Waals surface area contributed by atoms with Gasteiger partial charge in [-0.05, 0) is 30.5 Å². The zero-order chi connectivity index (χ0) is 15.3. The van der Waals surface area contributed by atoms with Crippen LogP contribution in [0, 0.1) is 5.92 Å². The van der Waals surface area contributed by atoms with E-state index in [4.69, 9.17) is 17.3 Å². The summed E-state index contributed by atoms with van der Waals surface area (Å²) in [6.07, 6.45) is 0.592. The van der Waals surface area contributed by atoms with Crippen molar-refractivity contribution in [3.8, 4) is 0 Å². The lowest BCUT2D eigenvalue weighted by Gasteiger charge is -2.15. The predicted molar refractivity (Wildman–Crippen MR) is 89.1 cm³/mol. The molecule has 0 aliphatic carbocycles. The number of nitrogens with one attached hydrogen (secondary N) is 2. The Morgan fingerprint density at radius 3 is 2.43 bits per heavy atom. The molecule has 1 atom stereocenters. The average Bonchev–Trinajstić information content (AvgIpc) is 2.31. The number of carbonyl (C=O) groups excluding carboxylic acids is 2. The van der Waals surface area contributed by atoms with E-state index in [1.165, 1.54) is 6.92 Å². The summed E-state index contributed by atoms with van der Waals surface area (Å²) in [5, 5.41) is 5.70. The first-order chi connectivity index (χ1) is 9.29. The number of hydrogen-bond acceptors (Lipinski definition) is 3. The van der Waals surface area contributed by atoms with Crippen LogP contribution in [0.1, 0.15) is 27.2 Å². The molecule has 0 unspecified atom stereocenters. The van der Waals surface area contributed by atoms with Gasteiger partial charge in [-0.3, -0.25) is 9.59 Å². The van der Waals surface area contributed by atoms with Crippen molar-refractivity contribution in [1.29, 1.82) is 0 Å². The van der Waals surface area contributed by atoms with E-state index in [0.29, 0.717) is 28.7 Å². The van der Waals surface area contributed by atoms with Gasteiger partial charge >= 0.3 is 0 Å². The molecule has 118 valence electrons. The average molecular weight is 334 g/mol. The molecular weight excluding hydrogens is 313 g/mol. The van der Waals surface area contributed by atoms with Gasteiger partial charge in [-0.1, -0.05) is 25.4 Å². The zero-order valence-corrected chi connectivity index (χ0v) is 13.8. The molecule has 0 saturated heterocycles. The van der Waals surface area contributed by atoms with E-state index < -0.39 is 6.04 Å². The second-order valence-electron chi connectivity index (χ2n) is 5.10. The highest BCUT2D eigenvalue weighted by Crippen LogP contribution is 2.25. The van der Waals surface area contributed by atoms with Gasteiger partial charge in [0.25, 0.3) is 0 Å². The summed E-state index contributed by atoms with van der Waals surface area (Å²) in [4.78, 5) is 23.0. The fourth-order valence-corrected chi connectivity index (χ4v) is 1.91. The first-order valence-electron chi connectivity index (χ1n) is 6.43. The molecule has 1 aromatic rings. The van der Waals surface area contributed by atoms with Crippen molar-refractivity contribution in [2.24, 2.45) is 11.7 Å². The van der Waals surface area contributed by atoms with Crippen molar-refractivity contribution >= 4 is 47.2 Å². The van der Waals surface area contributed by atoms with E-state index in [1.807, 2.05) is 13.8 Å². The van der Waals surface area contributed by atoms with Crippen molar-refractivity contribution < 1.29 is 9.59 Å². The molecule has 5 nitrogen and oxygen atoms in total. The fourth-order valence-electron chi connectivity index (χ4n) is 1.74. The molecule has 0 saturated carbocycles.